The lowest BCUT2D eigenvalue weighted by molar-refractivity contribution is -0.160. The summed E-state index contributed by atoms with van der Waals surface area (Å²) in [6, 6.07) is 12.4. The van der Waals surface area contributed by atoms with E-state index in [0.29, 0.717) is 6.42 Å². The van der Waals surface area contributed by atoms with Crippen molar-refractivity contribution in [2.24, 2.45) is 5.41 Å². The molecule has 0 saturated carbocycles. The third-order valence-corrected chi connectivity index (χ3v) is 5.06. The predicted molar refractivity (Wildman–Crippen MR) is 95.3 cm³/mol. The molecule has 0 N–H and O–H groups in total. The minimum atomic E-state index is -0.577. The highest BCUT2D eigenvalue weighted by Gasteiger charge is 2.57. The summed E-state index contributed by atoms with van der Waals surface area (Å²) < 4.78 is 5.61. The Morgan fingerprint density at radius 3 is 2.60 bits per heavy atom. The van der Waals surface area contributed by atoms with E-state index in [9.17, 15) is 10.1 Å². The number of ether oxygens (including phenoxy) is 1. The topological polar surface area (TPSA) is 56.6 Å². The maximum Gasteiger partial charge on any atom is 0.323 e. The van der Waals surface area contributed by atoms with Crippen LogP contribution in [0.5, 0.6) is 0 Å². The summed E-state index contributed by atoms with van der Waals surface area (Å²) in [6.45, 7) is 10.1. The van der Waals surface area contributed by atoms with Gasteiger partial charge in [0.15, 0.2) is 0 Å². The van der Waals surface area contributed by atoms with E-state index in [-0.39, 0.29) is 18.2 Å². The molecule has 3 rings (SSSR count). The molecule has 0 spiro atoms. The van der Waals surface area contributed by atoms with Crippen LogP contribution in [0.1, 0.15) is 39.7 Å². The first kappa shape index (κ1) is 17.9. The Morgan fingerprint density at radius 2 is 2.00 bits per heavy atom. The standard InChI is InChI=1S/C20H27N3O2/c1-19(2,3)25-17(24)16-12-20(4,14-21)18-22(10-11-23(16)18)13-15-8-6-5-7-9-15/h5-9,16,18H,10-13H2,1-4H3/t16-,18-,20+/m0/s1. The molecule has 134 valence electrons. The molecule has 0 amide bonds. The Hall–Kier alpha value is -1.90. The number of esters is 1. The van der Waals surface area contributed by atoms with Gasteiger partial charge in [-0.2, -0.15) is 5.26 Å². The monoisotopic (exact) mass is 341 g/mol. The van der Waals surface area contributed by atoms with Gasteiger partial charge in [0.2, 0.25) is 0 Å². The van der Waals surface area contributed by atoms with Gasteiger partial charge in [-0.05, 0) is 39.7 Å². The van der Waals surface area contributed by atoms with Crippen molar-refractivity contribution in [2.75, 3.05) is 13.1 Å². The second kappa shape index (κ2) is 6.44. The van der Waals surface area contributed by atoms with E-state index in [2.05, 4.69) is 28.0 Å². The van der Waals surface area contributed by atoms with E-state index < -0.39 is 11.0 Å². The third-order valence-electron chi connectivity index (χ3n) is 5.06. The molecule has 0 aromatic heterocycles. The molecular weight excluding hydrogens is 314 g/mol. The van der Waals surface area contributed by atoms with Crippen molar-refractivity contribution in [3.8, 4) is 6.07 Å². The van der Waals surface area contributed by atoms with Crippen LogP contribution in [0.2, 0.25) is 0 Å². The number of carbonyl (C=O) groups is 1. The van der Waals surface area contributed by atoms with Gasteiger partial charge < -0.3 is 4.74 Å². The maximum absolute atomic E-state index is 12.7. The number of nitriles is 1. The fourth-order valence-corrected chi connectivity index (χ4v) is 4.09. The zero-order valence-corrected chi connectivity index (χ0v) is 15.5. The van der Waals surface area contributed by atoms with Crippen molar-refractivity contribution in [1.29, 1.82) is 5.26 Å². The van der Waals surface area contributed by atoms with Crippen molar-refractivity contribution in [3.63, 3.8) is 0 Å². The molecule has 2 aliphatic heterocycles. The van der Waals surface area contributed by atoms with E-state index in [1.165, 1.54) is 5.56 Å². The molecule has 0 unspecified atom stereocenters. The lowest BCUT2D eigenvalue weighted by Crippen LogP contribution is -2.45. The average molecular weight is 341 g/mol. The Bertz CT molecular complexity index is 676. The van der Waals surface area contributed by atoms with Crippen molar-refractivity contribution < 1.29 is 9.53 Å². The van der Waals surface area contributed by atoms with Gasteiger partial charge in [0.25, 0.3) is 0 Å². The van der Waals surface area contributed by atoms with Crippen molar-refractivity contribution in [3.05, 3.63) is 35.9 Å². The molecule has 1 aromatic rings. The number of nitrogens with zero attached hydrogens (tertiary/aromatic N) is 3. The van der Waals surface area contributed by atoms with Gasteiger partial charge in [0, 0.05) is 19.6 Å². The molecule has 2 fully saturated rings. The van der Waals surface area contributed by atoms with Gasteiger partial charge in [-0.15, -0.1) is 0 Å². The van der Waals surface area contributed by atoms with Crippen LogP contribution in [-0.2, 0) is 16.1 Å². The van der Waals surface area contributed by atoms with Gasteiger partial charge in [0.05, 0.1) is 17.6 Å². The third kappa shape index (κ3) is 3.56. The van der Waals surface area contributed by atoms with Crippen LogP contribution < -0.4 is 0 Å². The van der Waals surface area contributed by atoms with Gasteiger partial charge >= 0.3 is 5.97 Å². The summed E-state index contributed by atoms with van der Waals surface area (Å²) in [5, 5.41) is 9.83. The lowest BCUT2D eigenvalue weighted by Gasteiger charge is -2.32. The normalized spacial score (nSPS) is 30.0. The van der Waals surface area contributed by atoms with Gasteiger partial charge in [-0.1, -0.05) is 30.3 Å². The van der Waals surface area contributed by atoms with Crippen LogP contribution in [0.4, 0.5) is 0 Å². The number of hydrogen-bond acceptors (Lipinski definition) is 5. The number of hydrogen-bond donors (Lipinski definition) is 0. The molecule has 1 aromatic carbocycles. The van der Waals surface area contributed by atoms with Crippen LogP contribution in [-0.4, -0.2) is 46.7 Å². The second-order valence-electron chi connectivity index (χ2n) is 8.35. The molecule has 2 aliphatic rings. The smallest absolute Gasteiger partial charge is 0.323 e. The van der Waals surface area contributed by atoms with Gasteiger partial charge in [0.1, 0.15) is 11.6 Å². The highest BCUT2D eigenvalue weighted by atomic mass is 16.6. The van der Waals surface area contributed by atoms with Crippen molar-refractivity contribution in [2.45, 2.75) is 58.5 Å². The SMILES string of the molecule is CC(C)(C)OC(=O)[C@@H]1C[C@](C)(C#N)[C@H]2N(Cc3ccccc3)CCN12. The van der Waals surface area contributed by atoms with Crippen LogP contribution >= 0.6 is 0 Å². The fourth-order valence-electron chi connectivity index (χ4n) is 4.09. The molecule has 5 nitrogen and oxygen atoms in total. The second-order valence-corrected chi connectivity index (χ2v) is 8.35. The van der Waals surface area contributed by atoms with Crippen molar-refractivity contribution >= 4 is 5.97 Å². The minimum absolute atomic E-state index is 0.0461. The molecule has 0 aliphatic carbocycles. The highest BCUT2D eigenvalue weighted by Crippen LogP contribution is 2.45. The molecule has 0 radical (unpaired) electrons. The molecular formula is C20H27N3O2. The summed E-state index contributed by atoms with van der Waals surface area (Å²) in [7, 11) is 0. The first-order valence-corrected chi connectivity index (χ1v) is 8.91. The summed E-state index contributed by atoms with van der Waals surface area (Å²) in [5.41, 5.74) is 0.138. The number of rotatable bonds is 3. The summed E-state index contributed by atoms with van der Waals surface area (Å²) in [4.78, 5) is 17.2. The van der Waals surface area contributed by atoms with E-state index in [1.54, 1.807) is 0 Å². The number of fused-ring (bicyclic) bond motifs is 1. The summed E-state index contributed by atoms with van der Waals surface area (Å²) in [5.74, 6) is -0.210. The molecule has 0 bridgehead atoms. The minimum Gasteiger partial charge on any atom is -0.459 e. The number of benzene rings is 1. The molecule has 5 heteroatoms. The highest BCUT2D eigenvalue weighted by molar-refractivity contribution is 5.77. The van der Waals surface area contributed by atoms with Gasteiger partial charge in [-0.25, -0.2) is 0 Å². The van der Waals surface area contributed by atoms with E-state index in [4.69, 9.17) is 4.74 Å². The van der Waals surface area contributed by atoms with Gasteiger partial charge in [-0.3, -0.25) is 14.6 Å². The molecule has 3 atom stereocenters. The molecule has 25 heavy (non-hydrogen) atoms. The fraction of sp³-hybridized carbons (Fsp3) is 0.600. The average Bonchev–Trinajstić information content (AvgIpc) is 3.08. The van der Waals surface area contributed by atoms with Crippen LogP contribution in [0, 0.1) is 16.7 Å². The first-order chi connectivity index (χ1) is 11.7. The maximum atomic E-state index is 12.7. The van der Waals surface area contributed by atoms with Crippen LogP contribution in [0.3, 0.4) is 0 Å². The Balaban J connectivity index is 1.81. The van der Waals surface area contributed by atoms with Crippen LogP contribution in [0.25, 0.3) is 0 Å². The largest absolute Gasteiger partial charge is 0.459 e. The first-order valence-electron chi connectivity index (χ1n) is 8.91. The zero-order valence-electron chi connectivity index (χ0n) is 15.5. The quantitative estimate of drug-likeness (QED) is 0.791. The van der Waals surface area contributed by atoms with E-state index in [1.807, 2.05) is 45.9 Å². The number of carbonyl (C=O) groups excluding carboxylic acids is 1. The Labute approximate surface area is 150 Å². The summed E-state index contributed by atoms with van der Waals surface area (Å²) in [6.07, 6.45) is 0.476. The van der Waals surface area contributed by atoms with Crippen molar-refractivity contribution in [1.82, 2.24) is 9.80 Å². The summed E-state index contributed by atoms with van der Waals surface area (Å²) >= 11 is 0. The Kier molecular flexibility index (Phi) is 4.61. The van der Waals surface area contributed by atoms with E-state index >= 15 is 0 Å². The van der Waals surface area contributed by atoms with Crippen LogP contribution in [0.15, 0.2) is 30.3 Å². The molecule has 2 saturated heterocycles. The lowest BCUT2D eigenvalue weighted by atomic mass is 9.86. The van der Waals surface area contributed by atoms with E-state index in [0.717, 1.165) is 19.6 Å². The Morgan fingerprint density at radius 1 is 1.32 bits per heavy atom. The predicted octanol–water partition coefficient (Wildman–Crippen LogP) is 2.77. The molecule has 2 heterocycles. The zero-order chi connectivity index (χ0) is 18.2.